The van der Waals surface area contributed by atoms with Crippen LogP contribution in [0.25, 0.3) is 0 Å². The molecule has 0 aliphatic carbocycles. The predicted octanol–water partition coefficient (Wildman–Crippen LogP) is 2.90. The van der Waals surface area contributed by atoms with Gasteiger partial charge in [-0.15, -0.1) is 0 Å². The van der Waals surface area contributed by atoms with Gasteiger partial charge in [-0.2, -0.15) is 0 Å². The van der Waals surface area contributed by atoms with E-state index in [1.54, 1.807) is 17.2 Å². The SMILES string of the molecule is CC(C)(C)OC(=O)N1CC[C@H](COCc2ccnc(Cl)n2)C1. The number of aromatic nitrogens is 2. The number of carbonyl (C=O) groups excluding carboxylic acids is 1. The van der Waals surface area contributed by atoms with Gasteiger partial charge < -0.3 is 14.4 Å². The molecular weight excluding hydrogens is 306 g/mol. The molecular formula is C15H22ClN3O3. The van der Waals surface area contributed by atoms with E-state index < -0.39 is 5.60 Å². The molecule has 1 fully saturated rings. The Morgan fingerprint density at radius 2 is 2.27 bits per heavy atom. The van der Waals surface area contributed by atoms with Crippen molar-refractivity contribution in [1.82, 2.24) is 14.9 Å². The van der Waals surface area contributed by atoms with Gasteiger partial charge in [-0.25, -0.2) is 14.8 Å². The van der Waals surface area contributed by atoms with E-state index >= 15 is 0 Å². The second-order valence-corrected chi connectivity index (χ2v) is 6.75. The molecule has 0 N–H and O–H groups in total. The molecule has 0 aromatic carbocycles. The van der Waals surface area contributed by atoms with Crippen LogP contribution in [0.3, 0.4) is 0 Å². The van der Waals surface area contributed by atoms with Gasteiger partial charge in [-0.3, -0.25) is 0 Å². The van der Waals surface area contributed by atoms with Crippen molar-refractivity contribution in [2.75, 3.05) is 19.7 Å². The average molecular weight is 328 g/mol. The van der Waals surface area contributed by atoms with Crippen LogP contribution in [0.15, 0.2) is 12.3 Å². The van der Waals surface area contributed by atoms with Gasteiger partial charge in [0, 0.05) is 25.2 Å². The fourth-order valence-corrected chi connectivity index (χ4v) is 2.41. The number of amides is 1. The summed E-state index contributed by atoms with van der Waals surface area (Å²) in [5.74, 6) is 0.324. The third-order valence-electron chi connectivity index (χ3n) is 3.22. The van der Waals surface area contributed by atoms with E-state index in [1.165, 1.54) is 0 Å². The molecule has 0 saturated carbocycles. The standard InChI is InChI=1S/C15H22ClN3O3/c1-15(2,3)22-14(20)19-7-5-11(8-19)9-21-10-12-4-6-17-13(16)18-12/h4,6,11H,5,7-10H2,1-3H3/t11-/m0/s1. The minimum Gasteiger partial charge on any atom is -0.444 e. The molecule has 1 aliphatic rings. The van der Waals surface area contributed by atoms with Gasteiger partial charge in [0.2, 0.25) is 5.28 Å². The maximum atomic E-state index is 12.0. The van der Waals surface area contributed by atoms with E-state index in [1.807, 2.05) is 20.8 Å². The minimum atomic E-state index is -0.460. The van der Waals surface area contributed by atoms with Gasteiger partial charge in [-0.1, -0.05) is 0 Å². The molecule has 1 saturated heterocycles. The molecule has 1 aliphatic heterocycles. The Morgan fingerprint density at radius 1 is 1.50 bits per heavy atom. The van der Waals surface area contributed by atoms with E-state index in [0.29, 0.717) is 32.2 Å². The maximum Gasteiger partial charge on any atom is 0.410 e. The zero-order chi connectivity index (χ0) is 16.2. The number of likely N-dealkylation sites (tertiary alicyclic amines) is 1. The van der Waals surface area contributed by atoms with Crippen LogP contribution in [0.4, 0.5) is 4.79 Å². The third kappa shape index (κ3) is 5.42. The summed E-state index contributed by atoms with van der Waals surface area (Å²) in [7, 11) is 0. The predicted molar refractivity (Wildman–Crippen MR) is 82.6 cm³/mol. The average Bonchev–Trinajstić information content (AvgIpc) is 2.86. The molecule has 1 amide bonds. The van der Waals surface area contributed by atoms with Crippen molar-refractivity contribution in [3.63, 3.8) is 0 Å². The Kier molecular flexibility index (Phi) is 5.58. The van der Waals surface area contributed by atoms with E-state index in [4.69, 9.17) is 21.1 Å². The lowest BCUT2D eigenvalue weighted by Crippen LogP contribution is -2.35. The Labute approximate surface area is 135 Å². The Morgan fingerprint density at radius 3 is 2.95 bits per heavy atom. The molecule has 2 heterocycles. The van der Waals surface area contributed by atoms with Crippen molar-refractivity contribution in [3.05, 3.63) is 23.2 Å². The van der Waals surface area contributed by atoms with Crippen molar-refractivity contribution >= 4 is 17.7 Å². The third-order valence-corrected chi connectivity index (χ3v) is 3.41. The summed E-state index contributed by atoms with van der Waals surface area (Å²) < 4.78 is 11.0. The molecule has 1 aromatic rings. The topological polar surface area (TPSA) is 64.5 Å². The van der Waals surface area contributed by atoms with Crippen molar-refractivity contribution in [2.24, 2.45) is 5.92 Å². The number of carbonyl (C=O) groups is 1. The lowest BCUT2D eigenvalue weighted by Gasteiger charge is -2.24. The molecule has 2 rings (SSSR count). The fraction of sp³-hybridized carbons (Fsp3) is 0.667. The summed E-state index contributed by atoms with van der Waals surface area (Å²) in [6.07, 6.45) is 2.27. The van der Waals surface area contributed by atoms with Gasteiger partial charge in [0.1, 0.15) is 5.60 Å². The van der Waals surface area contributed by atoms with Gasteiger partial charge in [-0.05, 0) is 44.9 Å². The number of hydrogen-bond acceptors (Lipinski definition) is 5. The molecule has 0 unspecified atom stereocenters. The first-order valence-electron chi connectivity index (χ1n) is 7.36. The molecule has 0 radical (unpaired) electrons. The van der Waals surface area contributed by atoms with Crippen molar-refractivity contribution in [3.8, 4) is 0 Å². The van der Waals surface area contributed by atoms with Gasteiger partial charge in [0.25, 0.3) is 0 Å². The summed E-state index contributed by atoms with van der Waals surface area (Å²) >= 11 is 5.72. The summed E-state index contributed by atoms with van der Waals surface area (Å²) in [4.78, 5) is 21.6. The van der Waals surface area contributed by atoms with Crippen molar-refractivity contribution < 1.29 is 14.3 Å². The first-order chi connectivity index (χ1) is 10.3. The van der Waals surface area contributed by atoms with Crippen LogP contribution in [0.1, 0.15) is 32.9 Å². The first kappa shape index (κ1) is 17.0. The van der Waals surface area contributed by atoms with Gasteiger partial charge in [0.15, 0.2) is 0 Å². The zero-order valence-electron chi connectivity index (χ0n) is 13.2. The number of rotatable bonds is 4. The molecule has 1 aromatic heterocycles. The lowest BCUT2D eigenvalue weighted by molar-refractivity contribution is 0.0270. The Balaban J connectivity index is 1.71. The molecule has 22 heavy (non-hydrogen) atoms. The number of nitrogens with zero attached hydrogens (tertiary/aromatic N) is 3. The normalized spacial score (nSPS) is 18.5. The molecule has 0 spiro atoms. The number of halogens is 1. The summed E-state index contributed by atoms with van der Waals surface area (Å²) in [5, 5.41) is 0.220. The fourth-order valence-electron chi connectivity index (χ4n) is 2.24. The second kappa shape index (κ2) is 7.24. The van der Waals surface area contributed by atoms with E-state index in [9.17, 15) is 4.79 Å². The smallest absolute Gasteiger partial charge is 0.410 e. The van der Waals surface area contributed by atoms with Gasteiger partial charge in [0.05, 0.1) is 18.9 Å². The van der Waals surface area contributed by atoms with Crippen LogP contribution in [0, 0.1) is 5.92 Å². The highest BCUT2D eigenvalue weighted by molar-refractivity contribution is 6.28. The highest BCUT2D eigenvalue weighted by Crippen LogP contribution is 2.20. The maximum absolute atomic E-state index is 12.0. The van der Waals surface area contributed by atoms with Crippen molar-refractivity contribution in [2.45, 2.75) is 39.4 Å². The van der Waals surface area contributed by atoms with Crippen LogP contribution in [0.2, 0.25) is 5.28 Å². The Bertz CT molecular complexity index is 519. The second-order valence-electron chi connectivity index (χ2n) is 6.41. The van der Waals surface area contributed by atoms with Crippen LogP contribution < -0.4 is 0 Å². The quantitative estimate of drug-likeness (QED) is 0.796. The minimum absolute atomic E-state index is 0.220. The zero-order valence-corrected chi connectivity index (χ0v) is 14.0. The molecule has 122 valence electrons. The highest BCUT2D eigenvalue weighted by atomic mass is 35.5. The first-order valence-corrected chi connectivity index (χ1v) is 7.74. The summed E-state index contributed by atoms with van der Waals surface area (Å²) in [6, 6.07) is 1.77. The molecule has 0 bridgehead atoms. The van der Waals surface area contributed by atoms with E-state index in [0.717, 1.165) is 12.1 Å². The van der Waals surface area contributed by atoms with E-state index in [-0.39, 0.29) is 11.4 Å². The van der Waals surface area contributed by atoms with Crippen molar-refractivity contribution in [1.29, 1.82) is 0 Å². The van der Waals surface area contributed by atoms with Gasteiger partial charge >= 0.3 is 6.09 Å². The number of hydrogen-bond donors (Lipinski definition) is 0. The highest BCUT2D eigenvalue weighted by Gasteiger charge is 2.29. The molecule has 1 atom stereocenters. The lowest BCUT2D eigenvalue weighted by atomic mass is 10.1. The van der Waals surface area contributed by atoms with Crippen LogP contribution in [-0.4, -0.2) is 46.3 Å². The Hall–Kier alpha value is -1.40. The van der Waals surface area contributed by atoms with Crippen LogP contribution in [-0.2, 0) is 16.1 Å². The largest absolute Gasteiger partial charge is 0.444 e. The molecule has 6 nitrogen and oxygen atoms in total. The summed E-state index contributed by atoms with van der Waals surface area (Å²) in [6.45, 7) is 7.96. The van der Waals surface area contributed by atoms with Crippen LogP contribution in [0.5, 0.6) is 0 Å². The summed E-state index contributed by atoms with van der Waals surface area (Å²) in [5.41, 5.74) is 0.291. The number of ether oxygens (including phenoxy) is 2. The molecule has 7 heteroatoms. The van der Waals surface area contributed by atoms with E-state index in [2.05, 4.69) is 9.97 Å². The monoisotopic (exact) mass is 327 g/mol. The van der Waals surface area contributed by atoms with Crippen LogP contribution >= 0.6 is 11.6 Å².